The third-order valence-electron chi connectivity index (χ3n) is 3.26. The van der Waals surface area contributed by atoms with Gasteiger partial charge in [0, 0.05) is 13.1 Å². The van der Waals surface area contributed by atoms with Crippen LogP contribution < -0.4 is 10.6 Å². The molecule has 1 rings (SSSR count). The van der Waals surface area contributed by atoms with Gasteiger partial charge in [-0.3, -0.25) is 4.99 Å². The number of nitrogens with zero attached hydrogens (tertiary/aromatic N) is 1. The monoisotopic (exact) mass is 271 g/mol. The van der Waals surface area contributed by atoms with Crippen LogP contribution in [0.3, 0.4) is 0 Å². The second-order valence-corrected chi connectivity index (χ2v) is 4.90. The van der Waals surface area contributed by atoms with Crippen molar-refractivity contribution >= 4 is 5.96 Å². The molecule has 112 valence electrons. The molecule has 5 heteroatoms. The van der Waals surface area contributed by atoms with Crippen molar-refractivity contribution < 1.29 is 9.84 Å². The normalized spacial score (nSPS) is 18.1. The fourth-order valence-corrected chi connectivity index (χ4v) is 2.31. The van der Waals surface area contributed by atoms with E-state index in [2.05, 4.69) is 15.6 Å². The first-order valence-corrected chi connectivity index (χ1v) is 7.61. The fraction of sp³-hybridized carbons (Fsp3) is 0.929. The van der Waals surface area contributed by atoms with Crippen molar-refractivity contribution in [3.63, 3.8) is 0 Å². The van der Waals surface area contributed by atoms with Crippen molar-refractivity contribution in [2.45, 2.75) is 51.6 Å². The van der Waals surface area contributed by atoms with Crippen molar-refractivity contribution in [1.29, 1.82) is 0 Å². The summed E-state index contributed by atoms with van der Waals surface area (Å²) in [5, 5.41) is 15.1. The maximum Gasteiger partial charge on any atom is 0.191 e. The highest BCUT2D eigenvalue weighted by atomic mass is 16.5. The van der Waals surface area contributed by atoms with Crippen LogP contribution in [-0.4, -0.2) is 50.0 Å². The molecule has 0 amide bonds. The molecule has 0 unspecified atom stereocenters. The summed E-state index contributed by atoms with van der Waals surface area (Å²) in [5.41, 5.74) is 0. The fourth-order valence-electron chi connectivity index (χ4n) is 2.31. The standard InChI is InChI=1S/C14H29N3O2/c1-2-15-14(16-9-11-18)17-10-12-19-13-7-5-3-4-6-8-13/h13,18H,2-12H2,1H3,(H2,15,16,17). The van der Waals surface area contributed by atoms with Crippen LogP contribution >= 0.6 is 0 Å². The number of ether oxygens (including phenoxy) is 1. The molecule has 0 aromatic carbocycles. The van der Waals surface area contributed by atoms with Gasteiger partial charge < -0.3 is 20.5 Å². The summed E-state index contributed by atoms with van der Waals surface area (Å²) in [6, 6.07) is 0. The summed E-state index contributed by atoms with van der Waals surface area (Å²) >= 11 is 0. The van der Waals surface area contributed by atoms with E-state index in [1.807, 2.05) is 6.92 Å². The Kier molecular flexibility index (Phi) is 9.45. The number of hydrogen-bond donors (Lipinski definition) is 3. The first-order chi connectivity index (χ1) is 9.36. The van der Waals surface area contributed by atoms with Crippen LogP contribution in [0.5, 0.6) is 0 Å². The van der Waals surface area contributed by atoms with Crippen molar-refractivity contribution in [1.82, 2.24) is 10.6 Å². The van der Waals surface area contributed by atoms with Gasteiger partial charge in [-0.25, -0.2) is 0 Å². The van der Waals surface area contributed by atoms with Gasteiger partial charge in [0.25, 0.3) is 0 Å². The number of hydrogen-bond acceptors (Lipinski definition) is 3. The van der Waals surface area contributed by atoms with Gasteiger partial charge in [-0.2, -0.15) is 0 Å². The Morgan fingerprint density at radius 1 is 1.21 bits per heavy atom. The largest absolute Gasteiger partial charge is 0.394 e. The van der Waals surface area contributed by atoms with Crippen molar-refractivity contribution in [3.8, 4) is 0 Å². The van der Waals surface area contributed by atoms with Gasteiger partial charge in [0.05, 0.1) is 25.9 Å². The molecule has 5 nitrogen and oxygen atoms in total. The molecular formula is C14H29N3O2. The second kappa shape index (κ2) is 11.1. The van der Waals surface area contributed by atoms with Crippen LogP contribution in [0.4, 0.5) is 0 Å². The van der Waals surface area contributed by atoms with Gasteiger partial charge in [0.15, 0.2) is 5.96 Å². The van der Waals surface area contributed by atoms with Gasteiger partial charge >= 0.3 is 0 Å². The maximum atomic E-state index is 8.76. The molecular weight excluding hydrogens is 242 g/mol. The molecule has 1 fully saturated rings. The summed E-state index contributed by atoms with van der Waals surface area (Å²) in [4.78, 5) is 4.22. The van der Waals surface area contributed by atoms with Crippen LogP contribution in [0.15, 0.2) is 4.99 Å². The zero-order valence-electron chi connectivity index (χ0n) is 12.2. The summed E-state index contributed by atoms with van der Waals surface area (Å²) in [6.07, 6.45) is 8.18. The first-order valence-electron chi connectivity index (χ1n) is 7.61. The lowest BCUT2D eigenvalue weighted by molar-refractivity contribution is 0.0468. The Morgan fingerprint density at radius 2 is 1.95 bits per heavy atom. The lowest BCUT2D eigenvalue weighted by Crippen LogP contribution is -2.39. The molecule has 3 N–H and O–H groups in total. The van der Waals surface area contributed by atoms with E-state index in [0.29, 0.717) is 19.3 Å². The Labute approximate surface area is 116 Å². The summed E-state index contributed by atoms with van der Waals surface area (Å²) in [7, 11) is 0. The minimum atomic E-state index is 0.0785. The highest BCUT2D eigenvalue weighted by Crippen LogP contribution is 2.19. The zero-order valence-corrected chi connectivity index (χ0v) is 12.2. The molecule has 19 heavy (non-hydrogen) atoms. The molecule has 0 atom stereocenters. The Hall–Kier alpha value is -0.810. The van der Waals surface area contributed by atoms with E-state index >= 15 is 0 Å². The minimum Gasteiger partial charge on any atom is -0.394 e. The topological polar surface area (TPSA) is 65.9 Å². The summed E-state index contributed by atoms with van der Waals surface area (Å²) < 4.78 is 5.90. The van der Waals surface area contributed by atoms with E-state index in [1.54, 1.807) is 0 Å². The molecule has 0 radical (unpaired) electrons. The SMILES string of the molecule is CCNC(=NCCO)NCCOC1CCCCCC1. The van der Waals surface area contributed by atoms with Crippen LogP contribution in [0, 0.1) is 0 Å². The molecule has 0 spiro atoms. The molecule has 0 aliphatic heterocycles. The van der Waals surface area contributed by atoms with Gasteiger partial charge in [-0.15, -0.1) is 0 Å². The van der Waals surface area contributed by atoms with Crippen molar-refractivity contribution in [3.05, 3.63) is 0 Å². The lowest BCUT2D eigenvalue weighted by Gasteiger charge is -2.16. The Balaban J connectivity index is 2.13. The van der Waals surface area contributed by atoms with Crippen molar-refractivity contribution in [2.24, 2.45) is 4.99 Å². The average molecular weight is 271 g/mol. The highest BCUT2D eigenvalue weighted by Gasteiger charge is 2.11. The number of aliphatic hydroxyl groups is 1. The average Bonchev–Trinajstić information content (AvgIpc) is 2.69. The van der Waals surface area contributed by atoms with E-state index in [0.717, 1.165) is 19.0 Å². The van der Waals surface area contributed by atoms with E-state index in [1.165, 1.54) is 38.5 Å². The Morgan fingerprint density at radius 3 is 2.58 bits per heavy atom. The van der Waals surface area contributed by atoms with Gasteiger partial charge in [-0.05, 0) is 19.8 Å². The van der Waals surface area contributed by atoms with Crippen molar-refractivity contribution in [2.75, 3.05) is 32.8 Å². The smallest absolute Gasteiger partial charge is 0.191 e. The lowest BCUT2D eigenvalue weighted by atomic mass is 10.1. The highest BCUT2D eigenvalue weighted by molar-refractivity contribution is 5.79. The molecule has 0 heterocycles. The molecule has 1 saturated carbocycles. The Bertz CT molecular complexity index is 239. The van der Waals surface area contributed by atoms with E-state index in [-0.39, 0.29) is 6.61 Å². The van der Waals surface area contributed by atoms with Gasteiger partial charge in [0.1, 0.15) is 0 Å². The molecule has 0 aromatic rings. The maximum absolute atomic E-state index is 8.76. The quantitative estimate of drug-likeness (QED) is 0.282. The molecule has 0 aromatic heterocycles. The van der Waals surface area contributed by atoms with Crippen LogP contribution in [-0.2, 0) is 4.74 Å². The van der Waals surface area contributed by atoms with E-state index in [9.17, 15) is 0 Å². The summed E-state index contributed by atoms with van der Waals surface area (Å²) in [6.45, 7) is 4.83. The summed E-state index contributed by atoms with van der Waals surface area (Å²) in [5.74, 6) is 0.751. The number of aliphatic hydroxyl groups excluding tert-OH is 1. The molecule has 1 aliphatic rings. The predicted molar refractivity (Wildman–Crippen MR) is 78.5 cm³/mol. The van der Waals surface area contributed by atoms with Gasteiger partial charge in [-0.1, -0.05) is 25.7 Å². The second-order valence-electron chi connectivity index (χ2n) is 4.90. The number of nitrogens with one attached hydrogen (secondary N) is 2. The number of rotatable bonds is 7. The number of guanidine groups is 1. The van der Waals surface area contributed by atoms with Gasteiger partial charge in [0.2, 0.25) is 0 Å². The third kappa shape index (κ3) is 8.06. The predicted octanol–water partition coefficient (Wildman–Crippen LogP) is 1.27. The molecule has 1 aliphatic carbocycles. The first kappa shape index (κ1) is 16.2. The van der Waals surface area contributed by atoms with Crippen LogP contribution in [0.25, 0.3) is 0 Å². The van der Waals surface area contributed by atoms with Crippen LogP contribution in [0.1, 0.15) is 45.4 Å². The van der Waals surface area contributed by atoms with E-state index in [4.69, 9.17) is 9.84 Å². The zero-order chi connectivity index (χ0) is 13.8. The molecule has 0 bridgehead atoms. The third-order valence-corrected chi connectivity index (χ3v) is 3.26. The minimum absolute atomic E-state index is 0.0785. The van der Waals surface area contributed by atoms with E-state index < -0.39 is 0 Å². The molecule has 0 saturated heterocycles. The van der Waals surface area contributed by atoms with Crippen LogP contribution in [0.2, 0.25) is 0 Å². The number of aliphatic imine (C=N–C) groups is 1.